The van der Waals surface area contributed by atoms with Crippen molar-refractivity contribution in [2.75, 3.05) is 37.0 Å². The molecule has 0 aliphatic carbocycles. The maximum absolute atomic E-state index is 9.28. The quantitative estimate of drug-likeness (QED) is 0.807. The lowest BCUT2D eigenvalue weighted by molar-refractivity contribution is 0.266. The third kappa shape index (κ3) is 2.09. The highest BCUT2D eigenvalue weighted by atomic mass is 16.3. The smallest absolute Gasteiger partial charge is 0.226 e. The number of aliphatic hydroxyl groups is 1. The molecule has 5 nitrogen and oxygen atoms in total. The lowest BCUT2D eigenvalue weighted by Gasteiger charge is -2.24. The van der Waals surface area contributed by atoms with Gasteiger partial charge in [-0.25, -0.2) is 4.98 Å². The zero-order chi connectivity index (χ0) is 11.5. The van der Waals surface area contributed by atoms with Crippen molar-refractivity contribution in [2.24, 2.45) is 0 Å². The molecule has 1 aliphatic heterocycles. The number of anilines is 2. The van der Waals surface area contributed by atoms with Crippen LogP contribution in [0.4, 0.5) is 11.8 Å². The van der Waals surface area contributed by atoms with Crippen LogP contribution >= 0.6 is 0 Å². The van der Waals surface area contributed by atoms with Crippen molar-refractivity contribution < 1.29 is 5.11 Å². The molecule has 1 aromatic rings. The van der Waals surface area contributed by atoms with Gasteiger partial charge in [0.05, 0.1) is 12.6 Å². The van der Waals surface area contributed by atoms with Crippen LogP contribution in [0.15, 0.2) is 12.3 Å². The number of nitrogens with zero attached hydrogens (tertiary/aromatic N) is 4. The van der Waals surface area contributed by atoms with Gasteiger partial charge in [0.15, 0.2) is 0 Å². The van der Waals surface area contributed by atoms with E-state index in [-0.39, 0.29) is 12.6 Å². The van der Waals surface area contributed by atoms with E-state index < -0.39 is 0 Å². The van der Waals surface area contributed by atoms with E-state index in [1.165, 1.54) is 0 Å². The summed E-state index contributed by atoms with van der Waals surface area (Å²) in [6, 6.07) is 2.12. The Balaban J connectivity index is 2.22. The molecule has 2 rings (SSSR count). The molecule has 1 N–H and O–H groups in total. The number of aliphatic hydroxyl groups excluding tert-OH is 1. The highest BCUT2D eigenvalue weighted by molar-refractivity contribution is 5.45. The molecule has 0 bridgehead atoms. The summed E-state index contributed by atoms with van der Waals surface area (Å²) >= 11 is 0. The average molecular weight is 222 g/mol. The van der Waals surface area contributed by atoms with E-state index in [2.05, 4.69) is 14.9 Å². The molecule has 1 aromatic heterocycles. The van der Waals surface area contributed by atoms with Crippen LogP contribution in [0.1, 0.15) is 12.8 Å². The largest absolute Gasteiger partial charge is 0.394 e. The Morgan fingerprint density at radius 1 is 1.56 bits per heavy atom. The van der Waals surface area contributed by atoms with Gasteiger partial charge in [0.2, 0.25) is 5.95 Å². The number of hydrogen-bond donors (Lipinski definition) is 1. The molecule has 1 atom stereocenters. The predicted molar refractivity (Wildman–Crippen MR) is 63.8 cm³/mol. The van der Waals surface area contributed by atoms with Gasteiger partial charge < -0.3 is 14.9 Å². The van der Waals surface area contributed by atoms with E-state index >= 15 is 0 Å². The molecule has 0 aromatic carbocycles. The van der Waals surface area contributed by atoms with Crippen molar-refractivity contribution in [2.45, 2.75) is 18.9 Å². The highest BCUT2D eigenvalue weighted by Crippen LogP contribution is 2.24. The molecule has 16 heavy (non-hydrogen) atoms. The molecule has 1 saturated heterocycles. The minimum atomic E-state index is 0.196. The first-order valence-corrected chi connectivity index (χ1v) is 5.60. The van der Waals surface area contributed by atoms with Crippen LogP contribution in [-0.4, -0.2) is 48.4 Å². The zero-order valence-electron chi connectivity index (χ0n) is 9.80. The Morgan fingerprint density at radius 3 is 3.06 bits per heavy atom. The fourth-order valence-electron chi connectivity index (χ4n) is 2.04. The van der Waals surface area contributed by atoms with Crippen molar-refractivity contribution in [1.82, 2.24) is 9.97 Å². The lowest BCUT2D eigenvalue weighted by Crippen LogP contribution is -2.33. The standard InChI is InChI=1S/C11H18N4O/c1-14(2)11-12-6-5-10(13-11)15-7-3-4-9(15)8-16/h5-6,9,16H,3-4,7-8H2,1-2H3. The average Bonchev–Trinajstić information content (AvgIpc) is 2.77. The predicted octanol–water partition coefficient (Wildman–Crippen LogP) is 0.504. The lowest BCUT2D eigenvalue weighted by atomic mass is 10.2. The van der Waals surface area contributed by atoms with Crippen LogP contribution in [0, 0.1) is 0 Å². The first-order chi connectivity index (χ1) is 7.72. The molecule has 1 aliphatic rings. The summed E-state index contributed by atoms with van der Waals surface area (Å²) < 4.78 is 0. The van der Waals surface area contributed by atoms with E-state index in [9.17, 15) is 5.11 Å². The van der Waals surface area contributed by atoms with E-state index in [1.54, 1.807) is 6.20 Å². The third-order valence-corrected chi connectivity index (χ3v) is 2.91. The second-order valence-corrected chi connectivity index (χ2v) is 4.28. The van der Waals surface area contributed by atoms with Gasteiger partial charge >= 0.3 is 0 Å². The third-order valence-electron chi connectivity index (χ3n) is 2.91. The summed E-state index contributed by atoms with van der Waals surface area (Å²) in [7, 11) is 3.85. The molecule has 2 heterocycles. The molecular weight excluding hydrogens is 204 g/mol. The van der Waals surface area contributed by atoms with Crippen molar-refractivity contribution in [3.8, 4) is 0 Å². The SMILES string of the molecule is CN(C)c1nccc(N2CCCC2CO)n1. The van der Waals surface area contributed by atoms with Gasteiger partial charge in [0, 0.05) is 26.8 Å². The molecular formula is C11H18N4O. The molecule has 5 heteroatoms. The van der Waals surface area contributed by atoms with Crippen LogP contribution in [0.5, 0.6) is 0 Å². The van der Waals surface area contributed by atoms with Gasteiger partial charge in [0.25, 0.3) is 0 Å². The molecule has 88 valence electrons. The summed E-state index contributed by atoms with van der Waals surface area (Å²) in [5, 5.41) is 9.28. The van der Waals surface area contributed by atoms with Crippen LogP contribution in [-0.2, 0) is 0 Å². The van der Waals surface area contributed by atoms with E-state index in [4.69, 9.17) is 0 Å². The van der Waals surface area contributed by atoms with Crippen molar-refractivity contribution in [3.63, 3.8) is 0 Å². The molecule has 0 saturated carbocycles. The van der Waals surface area contributed by atoms with Crippen LogP contribution in [0.3, 0.4) is 0 Å². The Bertz CT molecular complexity index is 356. The summed E-state index contributed by atoms with van der Waals surface area (Å²) in [6.45, 7) is 1.16. The molecule has 0 spiro atoms. The first-order valence-electron chi connectivity index (χ1n) is 5.60. The van der Waals surface area contributed by atoms with E-state index in [0.717, 1.165) is 25.2 Å². The summed E-state index contributed by atoms with van der Waals surface area (Å²) in [4.78, 5) is 12.7. The molecule has 1 fully saturated rings. The second kappa shape index (κ2) is 4.65. The van der Waals surface area contributed by atoms with Gasteiger partial charge in [-0.05, 0) is 18.9 Å². The Morgan fingerprint density at radius 2 is 2.38 bits per heavy atom. The van der Waals surface area contributed by atoms with Gasteiger partial charge in [-0.15, -0.1) is 0 Å². The van der Waals surface area contributed by atoms with Crippen LogP contribution < -0.4 is 9.80 Å². The maximum atomic E-state index is 9.28. The normalized spacial score (nSPS) is 20.2. The Kier molecular flexibility index (Phi) is 3.24. The summed E-state index contributed by atoms with van der Waals surface area (Å²) in [6.07, 6.45) is 3.93. The Labute approximate surface area is 95.7 Å². The van der Waals surface area contributed by atoms with Gasteiger partial charge in [-0.3, -0.25) is 0 Å². The number of aromatic nitrogens is 2. The van der Waals surface area contributed by atoms with Crippen molar-refractivity contribution in [1.29, 1.82) is 0 Å². The van der Waals surface area contributed by atoms with Crippen molar-refractivity contribution >= 4 is 11.8 Å². The van der Waals surface area contributed by atoms with E-state index in [1.807, 2.05) is 25.1 Å². The van der Waals surface area contributed by atoms with Gasteiger partial charge in [0.1, 0.15) is 5.82 Å². The van der Waals surface area contributed by atoms with Gasteiger partial charge in [-0.1, -0.05) is 0 Å². The van der Waals surface area contributed by atoms with Gasteiger partial charge in [-0.2, -0.15) is 4.98 Å². The minimum Gasteiger partial charge on any atom is -0.394 e. The van der Waals surface area contributed by atoms with Crippen molar-refractivity contribution in [3.05, 3.63) is 12.3 Å². The topological polar surface area (TPSA) is 52.5 Å². The monoisotopic (exact) mass is 222 g/mol. The molecule has 1 unspecified atom stereocenters. The fraction of sp³-hybridized carbons (Fsp3) is 0.636. The van der Waals surface area contributed by atoms with E-state index in [0.29, 0.717) is 5.95 Å². The number of hydrogen-bond acceptors (Lipinski definition) is 5. The summed E-state index contributed by atoms with van der Waals surface area (Å²) in [5.74, 6) is 1.62. The number of rotatable bonds is 3. The first kappa shape index (κ1) is 11.1. The fourth-order valence-corrected chi connectivity index (χ4v) is 2.04. The zero-order valence-corrected chi connectivity index (χ0v) is 9.80. The maximum Gasteiger partial charge on any atom is 0.226 e. The van der Waals surface area contributed by atoms with Crippen LogP contribution in [0.25, 0.3) is 0 Å². The molecule has 0 amide bonds. The Hall–Kier alpha value is -1.36. The molecule has 0 radical (unpaired) electrons. The minimum absolute atomic E-state index is 0.196. The summed E-state index contributed by atoms with van der Waals surface area (Å²) in [5.41, 5.74) is 0. The highest BCUT2D eigenvalue weighted by Gasteiger charge is 2.25. The van der Waals surface area contributed by atoms with Crippen LogP contribution in [0.2, 0.25) is 0 Å². The second-order valence-electron chi connectivity index (χ2n) is 4.28.